The molecule has 0 spiro atoms. The van der Waals surface area contributed by atoms with Crippen LogP contribution in [0.4, 0.5) is 0 Å². The van der Waals surface area contributed by atoms with Crippen LogP contribution in [0.15, 0.2) is 0 Å². The van der Waals surface area contributed by atoms with Crippen molar-refractivity contribution >= 4 is 91.0 Å². The summed E-state index contributed by atoms with van der Waals surface area (Å²) in [6.07, 6.45) is -61.5. The van der Waals surface area contributed by atoms with Gasteiger partial charge < -0.3 is 93.5 Å². The number of hydrogen-bond donors (Lipinski definition) is 18. The highest BCUT2D eigenvalue weighted by atomic mass is 32.3. The van der Waals surface area contributed by atoms with Gasteiger partial charge in [0, 0.05) is 7.11 Å². The largest absolute Gasteiger partial charge is 0.479 e. The second-order valence-corrected chi connectivity index (χ2v) is 26.1. The number of aliphatic hydroxyl groups excluding tert-OH is 6. The number of aliphatic hydroxyl groups is 6. The third-order valence-corrected chi connectivity index (χ3v) is 15.8. The van der Waals surface area contributed by atoms with E-state index in [-0.39, 0.29) is 6.41 Å². The molecule has 5 heterocycles. The van der Waals surface area contributed by atoms with Crippen LogP contribution in [0.5, 0.6) is 0 Å². The van der Waals surface area contributed by atoms with Crippen molar-refractivity contribution in [1.82, 2.24) is 14.8 Å². The van der Waals surface area contributed by atoms with Crippen LogP contribution in [0, 0.1) is 0 Å². The zero-order valence-electron chi connectivity index (χ0n) is 43.3. The second kappa shape index (κ2) is 29.7. The molecule has 89 heavy (non-hydrogen) atoms. The van der Waals surface area contributed by atoms with Gasteiger partial charge in [0.05, 0.1) is 19.8 Å². The Bertz CT molecular complexity index is 3290. The van der Waals surface area contributed by atoms with Gasteiger partial charge in [-0.2, -0.15) is 68.4 Å². The zero-order valence-corrected chi connectivity index (χ0v) is 49.0. The number of carbonyl (C=O) groups excluding carboxylic acids is 1. The minimum absolute atomic E-state index is 0.175. The van der Waals surface area contributed by atoms with Crippen molar-refractivity contribution in [3.63, 3.8) is 0 Å². The van der Waals surface area contributed by atoms with Crippen molar-refractivity contribution in [1.29, 1.82) is 0 Å². The van der Waals surface area contributed by atoms with Gasteiger partial charge >= 0.3 is 84.5 Å². The number of hydrogen-bond acceptors (Lipinski definition) is 38. The molecular formula is C32H53N3O47S7. The van der Waals surface area contributed by atoms with Gasteiger partial charge in [0.1, 0.15) is 104 Å². The molecule has 50 nitrogen and oxygen atoms in total. The third-order valence-electron chi connectivity index (χ3n) is 12.4. The summed E-state index contributed by atoms with van der Waals surface area (Å²) >= 11 is 0. The Labute approximate surface area is 498 Å². The van der Waals surface area contributed by atoms with Crippen molar-refractivity contribution in [2.75, 3.05) is 26.9 Å². The topological polar surface area (TPSA) is 768 Å². The fraction of sp³-hybridized carbons (Fsp3) is 0.906. The Balaban J connectivity index is 1.59. The van der Waals surface area contributed by atoms with Crippen molar-refractivity contribution in [3.8, 4) is 0 Å². The zero-order chi connectivity index (χ0) is 67.6. The minimum Gasteiger partial charge on any atom is -0.479 e. The molecule has 5 aliphatic rings. The highest BCUT2D eigenvalue weighted by Crippen LogP contribution is 2.38. The number of nitrogens with one attached hydrogen (secondary N) is 3. The van der Waals surface area contributed by atoms with Crippen molar-refractivity contribution in [2.24, 2.45) is 0 Å². The Morgan fingerprint density at radius 1 is 0.404 bits per heavy atom. The van der Waals surface area contributed by atoms with Crippen LogP contribution in [0.25, 0.3) is 0 Å². The summed E-state index contributed by atoms with van der Waals surface area (Å²) in [4.78, 5) is 37.2. The summed E-state index contributed by atoms with van der Waals surface area (Å²) in [5.74, 6) is -4.79. The first-order chi connectivity index (χ1) is 40.5. The van der Waals surface area contributed by atoms with E-state index in [4.69, 9.17) is 51.9 Å². The predicted molar refractivity (Wildman–Crippen MR) is 256 cm³/mol. The molecule has 57 heteroatoms. The molecule has 0 saturated carbocycles. The van der Waals surface area contributed by atoms with E-state index in [0.29, 0.717) is 0 Å². The van der Waals surface area contributed by atoms with Crippen LogP contribution in [0.3, 0.4) is 0 Å². The number of amides is 1. The van der Waals surface area contributed by atoms with Crippen LogP contribution in [0.2, 0.25) is 0 Å². The SMILES string of the molecule is CO[C@H]1O[C@H](COS(=O)(=O)O)[C@@H](O[C@@H]2O[C@@H](C(=O)O)C(O[C@H]3O[C@H](COS(=O)(=O)O)[C@@H](O[C@@H]4O[C@H](C(=O)O)[C@@H](O[C@H]5O[C@H](COS(=O)(=O)O)[C@@H](O)[C@H](O)[C@H]5NC=O)[C@H](O)[C@H]4O)[C@H](OS(=O)(=O)O)[C@H]3NS(=O)(=O)O)[C@H](O)[C@H]2OS(=O)(=O)O)[C@H](O)[C@H]1NS(=O)(=O)O. The van der Waals surface area contributed by atoms with E-state index in [1.165, 1.54) is 4.72 Å². The number of methoxy groups -OCH3 is 1. The maximum Gasteiger partial charge on any atom is 0.397 e. The van der Waals surface area contributed by atoms with Crippen LogP contribution in [-0.4, -0.2) is 330 Å². The van der Waals surface area contributed by atoms with E-state index in [1.54, 1.807) is 0 Å². The van der Waals surface area contributed by atoms with E-state index >= 15 is 0 Å². The summed E-state index contributed by atoms with van der Waals surface area (Å²) < 4.78 is 312. The number of carbonyl (C=O) groups is 3. The molecule has 18 N–H and O–H groups in total. The van der Waals surface area contributed by atoms with E-state index < -0.39 is 258 Å². The maximum atomic E-state index is 13.0. The van der Waals surface area contributed by atoms with Crippen LogP contribution >= 0.6 is 0 Å². The summed E-state index contributed by atoms with van der Waals surface area (Å²) in [6, 6.07) is -7.58. The Kier molecular flexibility index (Phi) is 25.5. The molecule has 0 aliphatic carbocycles. The van der Waals surface area contributed by atoms with E-state index in [9.17, 15) is 141 Å². The summed E-state index contributed by atoms with van der Waals surface area (Å²) in [5.41, 5.74) is 0. The number of carboxylic acids is 2. The van der Waals surface area contributed by atoms with Crippen LogP contribution in [0.1, 0.15) is 0 Å². The van der Waals surface area contributed by atoms with Crippen LogP contribution in [-0.2, 0) is 155 Å². The smallest absolute Gasteiger partial charge is 0.397 e. The average Bonchev–Trinajstić information content (AvgIpc) is 0.891. The molecule has 0 aromatic rings. The van der Waals surface area contributed by atoms with Gasteiger partial charge in [-0.25, -0.2) is 30.5 Å². The maximum absolute atomic E-state index is 13.0. The lowest BCUT2D eigenvalue weighted by molar-refractivity contribution is -0.373. The lowest BCUT2D eigenvalue weighted by atomic mass is 9.94. The quantitative estimate of drug-likeness (QED) is 0.0235. The van der Waals surface area contributed by atoms with Gasteiger partial charge in [0.15, 0.2) is 49.8 Å². The van der Waals surface area contributed by atoms with E-state index in [0.717, 1.165) is 11.8 Å². The third kappa shape index (κ3) is 21.7. The molecule has 1 amide bonds. The monoisotopic (exact) mass is 1450 g/mol. The highest BCUT2D eigenvalue weighted by Gasteiger charge is 2.61. The molecular weight excluding hydrogens is 1400 g/mol. The van der Waals surface area contributed by atoms with Gasteiger partial charge in [0.2, 0.25) is 6.41 Å². The van der Waals surface area contributed by atoms with Gasteiger partial charge in [-0.3, -0.25) is 36.7 Å². The molecule has 0 radical (unpaired) electrons. The fourth-order valence-corrected chi connectivity index (χ4v) is 12.0. The molecule has 5 rings (SSSR count). The first kappa shape index (κ1) is 76.6. The summed E-state index contributed by atoms with van der Waals surface area (Å²) in [7, 11) is -40.0. The number of aliphatic carboxylic acids is 2. The van der Waals surface area contributed by atoms with Crippen molar-refractivity contribution in [3.05, 3.63) is 0 Å². The minimum atomic E-state index is -6.31. The molecule has 5 aliphatic heterocycles. The predicted octanol–water partition coefficient (Wildman–Crippen LogP) is -13.4. The first-order valence-corrected chi connectivity index (χ1v) is 33.0. The van der Waals surface area contributed by atoms with Crippen molar-refractivity contribution in [2.45, 2.75) is 153 Å². The van der Waals surface area contributed by atoms with Crippen molar-refractivity contribution < 1.29 is 214 Å². The van der Waals surface area contributed by atoms with Gasteiger partial charge in [-0.05, 0) is 0 Å². The van der Waals surface area contributed by atoms with Gasteiger partial charge in [-0.1, -0.05) is 0 Å². The lowest BCUT2D eigenvalue weighted by Gasteiger charge is -2.50. The van der Waals surface area contributed by atoms with E-state index in [1.807, 2.05) is 5.32 Å². The molecule has 0 aromatic heterocycles. The highest BCUT2D eigenvalue weighted by molar-refractivity contribution is 7.84. The second-order valence-electron chi connectivity index (χ2n) is 18.4. The lowest BCUT2D eigenvalue weighted by Crippen LogP contribution is -2.71. The Morgan fingerprint density at radius 3 is 1.25 bits per heavy atom. The number of ether oxygens (including phenoxy) is 10. The molecule has 520 valence electrons. The van der Waals surface area contributed by atoms with Crippen LogP contribution < -0.4 is 14.8 Å². The molecule has 5 saturated heterocycles. The van der Waals surface area contributed by atoms with Gasteiger partial charge in [0.25, 0.3) is 0 Å². The molecule has 0 bridgehead atoms. The first-order valence-electron chi connectivity index (χ1n) is 23.3. The normalized spacial score (nSPS) is 39.0. The molecule has 0 aromatic carbocycles. The molecule has 25 atom stereocenters. The molecule has 1 unspecified atom stereocenters. The number of carboxylic acid groups (broad SMARTS) is 2. The summed E-state index contributed by atoms with van der Waals surface area (Å²) in [5, 5.41) is 89.6. The molecule has 5 fully saturated rings. The fourth-order valence-electron chi connectivity index (χ4n) is 8.94. The van der Waals surface area contributed by atoms with E-state index in [2.05, 4.69) is 20.9 Å². The standard InChI is InChI=1S/C32H53N3O47S7/c1-68-28-10(34-83(47,48)49)14(39)18(7(73-28)3-70-86(56,57)58)75-32-23(82-89(65,66)67)17(42)22(25(80-32)27(45)46)78-30-11(35-84(50,51)52)20(81-88(62,63)64)19(8(74-30)4-71-87(59,60)61)76-31-16(41)15(40)21(24(79-31)26(43)44)77-29-9(33-5-36)13(38)12(37)6(72-29)2-69-85(53,54)55/h5-25,28-32,34-35,37-42H,2-4H2,1H3,(H,33,36)(H,43,44)(H,45,46)(H,47,48,49)(H,50,51,52)(H,53,54,55)(H,56,57,58)(H,59,60,61)(H,62,63,64)(H,65,66,67)/t6-,7-,8-,9-,10-,11-,12-,13-,14-,15-,16-,17+,18-,19-,20-,21+,22?,23-,24+,25-,28+,29-,30-,31-,32-/m1/s1. The Hall–Kier alpha value is -3.14. The summed E-state index contributed by atoms with van der Waals surface area (Å²) in [6.45, 7) is -4.87. The number of rotatable bonds is 30. The average molecular weight is 1460 g/mol. The van der Waals surface area contributed by atoms with Gasteiger partial charge in [-0.15, -0.1) is 0 Å². The Morgan fingerprint density at radius 2 is 0.798 bits per heavy atom.